The number of nitrogens with zero attached hydrogens (tertiary/aromatic N) is 4. The Labute approximate surface area is 177 Å². The van der Waals surface area contributed by atoms with Crippen LogP contribution in [0, 0.1) is 0 Å². The summed E-state index contributed by atoms with van der Waals surface area (Å²) in [7, 11) is -3.33. The van der Waals surface area contributed by atoms with Gasteiger partial charge < -0.3 is 10.1 Å². The van der Waals surface area contributed by atoms with Crippen LogP contribution in [-0.2, 0) is 14.6 Å². The normalized spacial score (nSPS) is 15.8. The second-order valence-corrected chi connectivity index (χ2v) is 9.71. The average molecular weight is 447 g/mol. The van der Waals surface area contributed by atoms with Crippen LogP contribution >= 0.6 is 11.6 Å². The van der Waals surface area contributed by atoms with Gasteiger partial charge in [-0.3, -0.25) is 5.10 Å². The smallest absolute Gasteiger partial charge is 0.175 e. The van der Waals surface area contributed by atoms with E-state index in [-0.39, 0.29) is 10.9 Å². The Morgan fingerprint density at radius 3 is 2.80 bits per heavy atom. The van der Waals surface area contributed by atoms with Crippen LogP contribution in [0.5, 0.6) is 0 Å². The van der Waals surface area contributed by atoms with Gasteiger partial charge in [0.25, 0.3) is 0 Å². The summed E-state index contributed by atoms with van der Waals surface area (Å²) < 4.78 is 31.1. The predicted octanol–water partition coefficient (Wildman–Crippen LogP) is 3.46. The fraction of sp³-hybridized carbons (Fsp3) is 0.316. The van der Waals surface area contributed by atoms with E-state index in [1.807, 2.05) is 4.68 Å². The second-order valence-electron chi connectivity index (χ2n) is 7.33. The molecule has 0 atom stereocenters. The zero-order valence-corrected chi connectivity index (χ0v) is 17.7. The summed E-state index contributed by atoms with van der Waals surface area (Å²) in [5.41, 5.74) is 1.94. The highest BCUT2D eigenvalue weighted by atomic mass is 35.5. The Balaban J connectivity index is 1.57. The van der Waals surface area contributed by atoms with E-state index in [1.165, 1.54) is 6.26 Å². The molecule has 1 saturated heterocycles. The summed E-state index contributed by atoms with van der Waals surface area (Å²) in [6.45, 7) is 1.39. The summed E-state index contributed by atoms with van der Waals surface area (Å²) >= 11 is 6.60. The number of benzene rings is 1. The maximum Gasteiger partial charge on any atom is 0.175 e. The third-order valence-corrected chi connectivity index (χ3v) is 6.81. The number of hydrogen-bond acceptors (Lipinski definition) is 7. The van der Waals surface area contributed by atoms with Crippen LogP contribution in [0.15, 0.2) is 35.5 Å². The molecule has 0 amide bonds. The van der Waals surface area contributed by atoms with Crippen molar-refractivity contribution in [3.05, 3.63) is 35.7 Å². The lowest BCUT2D eigenvalue weighted by molar-refractivity contribution is 0.0663. The van der Waals surface area contributed by atoms with Crippen LogP contribution in [0.25, 0.3) is 21.8 Å². The molecule has 156 valence electrons. The maximum absolute atomic E-state index is 11.9. The van der Waals surface area contributed by atoms with Gasteiger partial charge in [0.05, 0.1) is 34.5 Å². The van der Waals surface area contributed by atoms with Crippen LogP contribution in [0.4, 0.5) is 11.5 Å². The van der Waals surface area contributed by atoms with Crippen molar-refractivity contribution in [1.29, 1.82) is 0 Å². The lowest BCUT2D eigenvalue weighted by Crippen LogP contribution is -2.20. The van der Waals surface area contributed by atoms with E-state index in [4.69, 9.17) is 16.3 Å². The largest absolute Gasteiger partial charge is 0.381 e. The van der Waals surface area contributed by atoms with Crippen LogP contribution in [0.3, 0.4) is 0 Å². The summed E-state index contributed by atoms with van der Waals surface area (Å²) in [5.74, 6) is 0.538. The van der Waals surface area contributed by atoms with E-state index in [9.17, 15) is 8.42 Å². The molecule has 30 heavy (non-hydrogen) atoms. The number of rotatable bonds is 4. The van der Waals surface area contributed by atoms with E-state index in [0.717, 1.165) is 18.2 Å². The molecule has 11 heteroatoms. The Morgan fingerprint density at radius 1 is 1.23 bits per heavy atom. The highest BCUT2D eigenvalue weighted by molar-refractivity contribution is 7.90. The van der Waals surface area contributed by atoms with Gasteiger partial charge in [-0.25, -0.2) is 18.1 Å². The first-order valence-corrected chi connectivity index (χ1v) is 11.7. The predicted molar refractivity (Wildman–Crippen MR) is 114 cm³/mol. The van der Waals surface area contributed by atoms with Gasteiger partial charge in [-0.1, -0.05) is 11.6 Å². The number of nitrogens with one attached hydrogen (secondary N) is 2. The number of halogens is 1. The molecule has 0 aliphatic carbocycles. The second kappa shape index (κ2) is 7.22. The molecule has 1 aliphatic rings. The number of H-pyrrole nitrogens is 1. The summed E-state index contributed by atoms with van der Waals surface area (Å²) in [6, 6.07) is 5.07. The Hall–Kier alpha value is -2.69. The van der Waals surface area contributed by atoms with Gasteiger partial charge in [-0.05, 0) is 31.0 Å². The number of hydrogen-bond donors (Lipinski definition) is 2. The van der Waals surface area contributed by atoms with E-state index in [2.05, 4.69) is 25.6 Å². The molecule has 2 N–H and O–H groups in total. The minimum absolute atomic E-state index is 0.202. The van der Waals surface area contributed by atoms with Gasteiger partial charge in [0.15, 0.2) is 20.8 Å². The SMILES string of the molecule is CS(=O)(=O)c1ccc2nc(Nc3cnn(C4CCOCC4)c3Cl)c3[nH]ncc3c2c1. The zero-order chi connectivity index (χ0) is 20.9. The van der Waals surface area contributed by atoms with Gasteiger partial charge in [0.1, 0.15) is 5.52 Å². The highest BCUT2D eigenvalue weighted by Gasteiger charge is 2.21. The third kappa shape index (κ3) is 3.30. The molecule has 3 aromatic heterocycles. The number of ether oxygens (including phenoxy) is 1. The topological polar surface area (TPSA) is 115 Å². The van der Waals surface area contributed by atoms with Crippen LogP contribution in [0.2, 0.25) is 5.15 Å². The van der Waals surface area contributed by atoms with Crippen molar-refractivity contribution in [2.45, 2.75) is 23.8 Å². The van der Waals surface area contributed by atoms with Crippen LogP contribution in [0.1, 0.15) is 18.9 Å². The van der Waals surface area contributed by atoms with Gasteiger partial charge in [-0.15, -0.1) is 0 Å². The minimum atomic E-state index is -3.33. The standard InChI is InChI=1S/C19H19ClN6O3S/c1-30(27,28)12-2-3-15-13(8-12)14-9-21-25-17(14)19(23-15)24-16-10-22-26(18(16)20)11-4-6-29-7-5-11/h2-3,8-11H,4-7H2,1H3,(H,21,25)(H,23,24). The molecular formula is C19H19ClN6O3S. The quantitative estimate of drug-likeness (QED) is 0.493. The lowest BCUT2D eigenvalue weighted by atomic mass is 10.1. The van der Waals surface area contributed by atoms with Crippen molar-refractivity contribution in [2.24, 2.45) is 0 Å². The van der Waals surface area contributed by atoms with E-state index in [0.29, 0.717) is 46.3 Å². The van der Waals surface area contributed by atoms with Crippen LogP contribution in [-0.4, -0.2) is 52.8 Å². The molecule has 1 aromatic carbocycles. The van der Waals surface area contributed by atoms with Crippen molar-refractivity contribution in [1.82, 2.24) is 25.0 Å². The summed E-state index contributed by atoms with van der Waals surface area (Å²) in [4.78, 5) is 4.90. The Kier molecular flexibility index (Phi) is 4.64. The van der Waals surface area contributed by atoms with Crippen molar-refractivity contribution in [3.8, 4) is 0 Å². The first kappa shape index (κ1) is 19.3. The molecule has 4 heterocycles. The van der Waals surface area contributed by atoms with E-state index >= 15 is 0 Å². The monoisotopic (exact) mass is 446 g/mol. The molecule has 0 bridgehead atoms. The molecule has 0 radical (unpaired) electrons. The van der Waals surface area contributed by atoms with E-state index < -0.39 is 9.84 Å². The molecule has 0 saturated carbocycles. The molecule has 1 aliphatic heterocycles. The van der Waals surface area contributed by atoms with Crippen LogP contribution < -0.4 is 5.32 Å². The minimum Gasteiger partial charge on any atom is -0.381 e. The van der Waals surface area contributed by atoms with Gasteiger partial charge in [-0.2, -0.15) is 10.2 Å². The van der Waals surface area contributed by atoms with Gasteiger partial charge >= 0.3 is 0 Å². The average Bonchev–Trinajstić information content (AvgIpc) is 3.36. The van der Waals surface area contributed by atoms with Crippen molar-refractivity contribution in [3.63, 3.8) is 0 Å². The Morgan fingerprint density at radius 2 is 2.03 bits per heavy atom. The van der Waals surface area contributed by atoms with Crippen molar-refractivity contribution >= 4 is 54.7 Å². The molecule has 4 aromatic rings. The number of pyridine rings is 1. The van der Waals surface area contributed by atoms with E-state index in [1.54, 1.807) is 30.6 Å². The van der Waals surface area contributed by atoms with Gasteiger partial charge in [0, 0.05) is 30.2 Å². The summed E-state index contributed by atoms with van der Waals surface area (Å²) in [6.07, 6.45) is 6.25. The molecule has 0 unspecified atom stereocenters. The Bertz CT molecular complexity index is 1360. The third-order valence-electron chi connectivity index (χ3n) is 5.32. The number of anilines is 2. The first-order valence-electron chi connectivity index (χ1n) is 9.46. The maximum atomic E-state index is 11.9. The van der Waals surface area contributed by atoms with Crippen molar-refractivity contribution < 1.29 is 13.2 Å². The fourth-order valence-corrected chi connectivity index (χ4v) is 4.66. The van der Waals surface area contributed by atoms with Crippen molar-refractivity contribution in [2.75, 3.05) is 24.8 Å². The van der Waals surface area contributed by atoms with Gasteiger partial charge in [0.2, 0.25) is 0 Å². The molecule has 9 nitrogen and oxygen atoms in total. The summed E-state index contributed by atoms with van der Waals surface area (Å²) in [5, 5.41) is 16.7. The molecule has 5 rings (SSSR count). The highest BCUT2D eigenvalue weighted by Crippen LogP contribution is 2.34. The number of sulfone groups is 1. The fourth-order valence-electron chi connectivity index (χ4n) is 3.74. The molecule has 1 fully saturated rings. The zero-order valence-electron chi connectivity index (χ0n) is 16.1. The number of fused-ring (bicyclic) bond motifs is 3. The number of aromatic nitrogens is 5. The lowest BCUT2D eigenvalue weighted by Gasteiger charge is -2.23. The number of aromatic amines is 1. The molecule has 0 spiro atoms. The first-order chi connectivity index (χ1) is 14.4. The molecular weight excluding hydrogens is 428 g/mol.